The molecule has 1 saturated carbocycles. The first-order valence-electron chi connectivity index (χ1n) is 9.94. The highest BCUT2D eigenvalue weighted by Gasteiger charge is 2.28. The van der Waals surface area contributed by atoms with Crippen molar-refractivity contribution in [1.29, 1.82) is 0 Å². The van der Waals surface area contributed by atoms with Gasteiger partial charge in [0.15, 0.2) is 0 Å². The average Bonchev–Trinajstić information content (AvgIpc) is 3.20. The fourth-order valence-corrected chi connectivity index (χ4v) is 3.67. The molecule has 7 heteroatoms. The van der Waals surface area contributed by atoms with Gasteiger partial charge in [0.05, 0.1) is 17.4 Å². The fraction of sp³-hybridized carbons (Fsp3) is 0.364. The molecule has 0 bridgehead atoms. The molecule has 1 aliphatic carbocycles. The SMILES string of the molecule is Cc1cc(-c2nnc(Nc3cn[nH]c3)o2)nc2c(C(C)(C)C)cc(C3CC3)cc12. The summed E-state index contributed by atoms with van der Waals surface area (Å²) in [6.07, 6.45) is 5.94. The van der Waals surface area contributed by atoms with Crippen molar-refractivity contribution in [2.45, 2.75) is 51.9 Å². The number of fused-ring (bicyclic) bond motifs is 1. The van der Waals surface area contributed by atoms with Crippen LogP contribution in [-0.2, 0) is 5.41 Å². The van der Waals surface area contributed by atoms with E-state index >= 15 is 0 Å². The molecule has 2 N–H and O–H groups in total. The van der Waals surface area contributed by atoms with E-state index in [1.54, 1.807) is 12.4 Å². The van der Waals surface area contributed by atoms with Crippen LogP contribution in [0.1, 0.15) is 56.2 Å². The molecule has 0 unspecified atom stereocenters. The molecule has 7 nitrogen and oxygen atoms in total. The van der Waals surface area contributed by atoms with E-state index in [0.29, 0.717) is 23.5 Å². The molecule has 1 aliphatic rings. The Labute approximate surface area is 169 Å². The third kappa shape index (κ3) is 3.37. The highest BCUT2D eigenvalue weighted by molar-refractivity contribution is 5.88. The van der Waals surface area contributed by atoms with Crippen LogP contribution in [0.25, 0.3) is 22.5 Å². The van der Waals surface area contributed by atoms with Crippen LogP contribution in [-0.4, -0.2) is 25.4 Å². The van der Waals surface area contributed by atoms with E-state index in [0.717, 1.165) is 11.2 Å². The van der Waals surface area contributed by atoms with Gasteiger partial charge in [-0.15, -0.1) is 5.10 Å². The molecule has 0 amide bonds. The Hall–Kier alpha value is -3.22. The second-order valence-corrected chi connectivity index (χ2v) is 8.84. The van der Waals surface area contributed by atoms with Crippen LogP contribution in [0.5, 0.6) is 0 Å². The van der Waals surface area contributed by atoms with Gasteiger partial charge in [-0.05, 0) is 59.9 Å². The molecule has 0 radical (unpaired) electrons. The first-order chi connectivity index (χ1) is 13.9. The fourth-order valence-electron chi connectivity index (χ4n) is 3.67. The average molecular weight is 388 g/mol. The topological polar surface area (TPSA) is 92.5 Å². The Morgan fingerprint density at radius 1 is 1.14 bits per heavy atom. The van der Waals surface area contributed by atoms with Crippen LogP contribution in [0.2, 0.25) is 0 Å². The van der Waals surface area contributed by atoms with Gasteiger partial charge in [0, 0.05) is 11.6 Å². The van der Waals surface area contributed by atoms with Crippen molar-refractivity contribution in [2.75, 3.05) is 5.32 Å². The molecule has 0 saturated heterocycles. The molecule has 4 aromatic rings. The quantitative estimate of drug-likeness (QED) is 0.497. The van der Waals surface area contributed by atoms with Gasteiger partial charge in [-0.25, -0.2) is 4.98 Å². The summed E-state index contributed by atoms with van der Waals surface area (Å²) in [6, 6.07) is 6.99. The Balaban J connectivity index is 1.60. The van der Waals surface area contributed by atoms with E-state index in [9.17, 15) is 0 Å². The predicted molar refractivity (Wildman–Crippen MR) is 112 cm³/mol. The Morgan fingerprint density at radius 3 is 2.66 bits per heavy atom. The lowest BCUT2D eigenvalue weighted by molar-refractivity contribution is 0.584. The number of anilines is 2. The van der Waals surface area contributed by atoms with Crippen LogP contribution >= 0.6 is 0 Å². The molecule has 0 atom stereocenters. The molecule has 3 heterocycles. The standard InChI is InChI=1S/C22H24N6O/c1-12-7-18(20-27-28-21(29-20)25-15-10-23-24-11-15)26-19-16(12)8-14(13-5-6-13)9-17(19)22(2,3)4/h7-11,13H,5-6H2,1-4H3,(H,23,24)(H,25,28). The largest absolute Gasteiger partial charge is 0.401 e. The van der Waals surface area contributed by atoms with Gasteiger partial charge in [-0.2, -0.15) is 5.10 Å². The summed E-state index contributed by atoms with van der Waals surface area (Å²) in [7, 11) is 0. The summed E-state index contributed by atoms with van der Waals surface area (Å²) in [4.78, 5) is 4.96. The van der Waals surface area contributed by atoms with Crippen LogP contribution in [0.4, 0.5) is 11.7 Å². The van der Waals surface area contributed by atoms with E-state index in [-0.39, 0.29) is 5.41 Å². The van der Waals surface area contributed by atoms with E-state index in [2.05, 4.69) is 65.5 Å². The van der Waals surface area contributed by atoms with Gasteiger partial charge >= 0.3 is 6.01 Å². The van der Waals surface area contributed by atoms with E-state index in [4.69, 9.17) is 9.40 Å². The molecule has 1 fully saturated rings. The van der Waals surface area contributed by atoms with Crippen LogP contribution in [0.3, 0.4) is 0 Å². The summed E-state index contributed by atoms with van der Waals surface area (Å²) in [5.41, 5.74) is 6.31. The third-order valence-corrected chi connectivity index (χ3v) is 5.39. The molecule has 0 spiro atoms. The Kier molecular flexibility index (Phi) is 3.94. The Bertz CT molecular complexity index is 1180. The van der Waals surface area contributed by atoms with Crippen LogP contribution in [0.15, 0.2) is 35.0 Å². The number of hydrogen-bond donors (Lipinski definition) is 2. The number of benzene rings is 1. The maximum Gasteiger partial charge on any atom is 0.320 e. The number of rotatable bonds is 4. The lowest BCUT2D eigenvalue weighted by atomic mass is 9.83. The molecule has 29 heavy (non-hydrogen) atoms. The minimum Gasteiger partial charge on any atom is -0.401 e. The molecule has 148 valence electrons. The van der Waals surface area contributed by atoms with Crippen LogP contribution < -0.4 is 5.32 Å². The predicted octanol–water partition coefficient (Wildman–Crippen LogP) is 5.23. The van der Waals surface area contributed by atoms with Gasteiger partial charge in [0.1, 0.15) is 5.69 Å². The number of aryl methyl sites for hydroxylation is 1. The van der Waals surface area contributed by atoms with Crippen molar-refractivity contribution < 1.29 is 4.42 Å². The molecule has 1 aromatic carbocycles. The minimum absolute atomic E-state index is 0.00987. The monoisotopic (exact) mass is 388 g/mol. The number of aromatic amines is 1. The number of aromatic nitrogens is 5. The lowest BCUT2D eigenvalue weighted by Gasteiger charge is -2.23. The van der Waals surface area contributed by atoms with Gasteiger partial charge in [-0.3, -0.25) is 5.10 Å². The minimum atomic E-state index is -0.00987. The number of nitrogens with one attached hydrogen (secondary N) is 2. The summed E-state index contributed by atoms with van der Waals surface area (Å²) in [5, 5.41) is 19.1. The number of nitrogens with zero attached hydrogens (tertiary/aromatic N) is 4. The first-order valence-corrected chi connectivity index (χ1v) is 9.94. The zero-order valence-electron chi connectivity index (χ0n) is 17.1. The zero-order valence-corrected chi connectivity index (χ0v) is 17.1. The highest BCUT2D eigenvalue weighted by Crippen LogP contribution is 2.44. The van der Waals surface area contributed by atoms with Gasteiger partial charge in [-0.1, -0.05) is 31.9 Å². The molecule has 5 rings (SSSR count). The number of hydrogen-bond acceptors (Lipinski definition) is 6. The maximum absolute atomic E-state index is 5.81. The summed E-state index contributed by atoms with van der Waals surface area (Å²) in [5.74, 6) is 1.10. The van der Waals surface area contributed by atoms with Crippen molar-refractivity contribution in [3.63, 3.8) is 0 Å². The number of H-pyrrole nitrogens is 1. The van der Waals surface area contributed by atoms with Gasteiger partial charge in [0.25, 0.3) is 5.89 Å². The summed E-state index contributed by atoms with van der Waals surface area (Å²) in [6.45, 7) is 8.84. The highest BCUT2D eigenvalue weighted by atomic mass is 16.4. The van der Waals surface area contributed by atoms with Crippen LogP contribution in [0, 0.1) is 6.92 Å². The second kappa shape index (κ2) is 6.40. The molecular weight excluding hydrogens is 364 g/mol. The van der Waals surface area contributed by atoms with E-state index in [1.165, 1.54) is 34.9 Å². The third-order valence-electron chi connectivity index (χ3n) is 5.39. The van der Waals surface area contributed by atoms with Gasteiger partial charge < -0.3 is 9.73 Å². The van der Waals surface area contributed by atoms with Crippen molar-refractivity contribution in [1.82, 2.24) is 25.4 Å². The Morgan fingerprint density at radius 2 is 1.97 bits per heavy atom. The first kappa shape index (κ1) is 17.8. The molecule has 3 aromatic heterocycles. The van der Waals surface area contributed by atoms with Crippen molar-refractivity contribution in [3.05, 3.63) is 47.3 Å². The maximum atomic E-state index is 5.81. The van der Waals surface area contributed by atoms with E-state index in [1.807, 2.05) is 6.07 Å². The normalized spacial score (nSPS) is 14.5. The molecular formula is C22H24N6O. The van der Waals surface area contributed by atoms with Crippen molar-refractivity contribution in [2.24, 2.45) is 0 Å². The van der Waals surface area contributed by atoms with Gasteiger partial charge in [0.2, 0.25) is 0 Å². The number of pyridine rings is 1. The smallest absolute Gasteiger partial charge is 0.320 e. The van der Waals surface area contributed by atoms with Crippen molar-refractivity contribution in [3.8, 4) is 11.6 Å². The second-order valence-electron chi connectivity index (χ2n) is 8.84. The summed E-state index contributed by atoms with van der Waals surface area (Å²) >= 11 is 0. The zero-order chi connectivity index (χ0) is 20.2. The summed E-state index contributed by atoms with van der Waals surface area (Å²) < 4.78 is 5.81. The van der Waals surface area contributed by atoms with Crippen molar-refractivity contribution >= 4 is 22.6 Å². The molecule has 0 aliphatic heterocycles. The van der Waals surface area contributed by atoms with E-state index < -0.39 is 0 Å². The lowest BCUT2D eigenvalue weighted by Crippen LogP contribution is -2.13.